The van der Waals surface area contributed by atoms with E-state index in [1.54, 1.807) is 20.1 Å². The van der Waals surface area contributed by atoms with Crippen molar-refractivity contribution in [1.29, 1.82) is 0 Å². The molecule has 0 aliphatic heterocycles. The maximum Gasteiger partial charge on any atom is 0.206 e. The molecule has 0 aliphatic rings. The molecule has 0 saturated carbocycles. The number of ether oxygens (including phenoxy) is 1. The third-order valence-corrected chi connectivity index (χ3v) is 3.80. The second-order valence-corrected chi connectivity index (χ2v) is 5.60. The summed E-state index contributed by atoms with van der Waals surface area (Å²) in [6.45, 7) is 3.13. The van der Waals surface area contributed by atoms with Gasteiger partial charge in [-0.1, -0.05) is 0 Å². The summed E-state index contributed by atoms with van der Waals surface area (Å²) in [5.74, 6) is -0.341. The summed E-state index contributed by atoms with van der Waals surface area (Å²) in [7, 11) is 1.61. The Labute approximate surface area is 129 Å². The van der Waals surface area contributed by atoms with Gasteiger partial charge in [-0.05, 0) is 35.6 Å². The minimum absolute atomic E-state index is 0.131. The van der Waals surface area contributed by atoms with Crippen molar-refractivity contribution in [2.75, 3.05) is 20.3 Å². The molecular formula is C14H15FINO3. The van der Waals surface area contributed by atoms with Gasteiger partial charge in [0, 0.05) is 31.3 Å². The molecular weight excluding hydrogens is 376 g/mol. The lowest BCUT2D eigenvalue weighted by Gasteiger charge is -2.10. The number of rotatable bonds is 5. The van der Waals surface area contributed by atoms with Crippen LogP contribution in [0, 0.1) is 16.3 Å². The zero-order valence-electron chi connectivity index (χ0n) is 11.3. The molecule has 0 aliphatic carbocycles. The molecule has 0 spiro atoms. The van der Waals surface area contributed by atoms with Gasteiger partial charge in [-0.2, -0.15) is 0 Å². The van der Waals surface area contributed by atoms with Crippen LogP contribution in [0.1, 0.15) is 11.1 Å². The van der Waals surface area contributed by atoms with Crippen LogP contribution in [0.5, 0.6) is 0 Å². The van der Waals surface area contributed by atoms with Crippen LogP contribution in [0.4, 0.5) is 4.39 Å². The topological polar surface area (TPSA) is 51.5 Å². The van der Waals surface area contributed by atoms with Crippen molar-refractivity contribution < 1.29 is 13.5 Å². The Kier molecular flexibility index (Phi) is 5.11. The summed E-state index contributed by atoms with van der Waals surface area (Å²) in [6.07, 6.45) is 1.36. The van der Waals surface area contributed by atoms with Gasteiger partial charge in [-0.15, -0.1) is 0 Å². The van der Waals surface area contributed by atoms with Crippen molar-refractivity contribution in [2.24, 2.45) is 0 Å². The molecule has 108 valence electrons. The van der Waals surface area contributed by atoms with E-state index in [-0.39, 0.29) is 11.2 Å². The van der Waals surface area contributed by atoms with Crippen LogP contribution in [0.3, 0.4) is 0 Å². The van der Waals surface area contributed by atoms with Crippen LogP contribution >= 0.6 is 22.6 Å². The van der Waals surface area contributed by atoms with Crippen molar-refractivity contribution in [2.45, 2.75) is 13.5 Å². The number of hydrogen-bond donors (Lipinski definition) is 1. The second kappa shape index (κ2) is 6.64. The Hall–Kier alpha value is -0.990. The first-order valence-corrected chi connectivity index (χ1v) is 7.22. The lowest BCUT2D eigenvalue weighted by Crippen LogP contribution is -2.20. The number of fused-ring (bicyclic) bond motifs is 1. The first-order chi connectivity index (χ1) is 9.56. The molecule has 1 aromatic heterocycles. The quantitative estimate of drug-likeness (QED) is 0.629. The molecule has 0 bridgehead atoms. The number of halogens is 2. The molecule has 1 heterocycles. The second-order valence-electron chi connectivity index (χ2n) is 4.43. The minimum atomic E-state index is -0.341. The van der Waals surface area contributed by atoms with E-state index in [1.807, 2.05) is 22.6 Å². The summed E-state index contributed by atoms with van der Waals surface area (Å²) in [6, 6.07) is 1.56. The lowest BCUT2D eigenvalue weighted by atomic mass is 10.1. The van der Waals surface area contributed by atoms with Crippen molar-refractivity contribution in [3.05, 3.63) is 43.1 Å². The number of nitrogens with one attached hydrogen (secondary N) is 1. The molecule has 0 radical (unpaired) electrons. The maximum atomic E-state index is 14.2. The molecule has 1 N–H and O–H groups in total. The van der Waals surface area contributed by atoms with Gasteiger partial charge in [0.15, 0.2) is 0 Å². The zero-order chi connectivity index (χ0) is 14.7. The van der Waals surface area contributed by atoms with E-state index in [1.165, 1.54) is 6.26 Å². The maximum absolute atomic E-state index is 14.2. The molecule has 6 heteroatoms. The van der Waals surface area contributed by atoms with Gasteiger partial charge in [0.25, 0.3) is 0 Å². The average molecular weight is 391 g/mol. The third kappa shape index (κ3) is 3.02. The third-order valence-electron chi connectivity index (χ3n) is 3.06. The highest BCUT2D eigenvalue weighted by Gasteiger charge is 2.15. The fourth-order valence-corrected chi connectivity index (χ4v) is 2.40. The van der Waals surface area contributed by atoms with E-state index in [0.717, 1.165) is 0 Å². The van der Waals surface area contributed by atoms with Gasteiger partial charge in [-0.3, -0.25) is 4.79 Å². The van der Waals surface area contributed by atoms with E-state index in [4.69, 9.17) is 9.15 Å². The van der Waals surface area contributed by atoms with E-state index in [0.29, 0.717) is 45.4 Å². The molecule has 0 amide bonds. The van der Waals surface area contributed by atoms with E-state index >= 15 is 0 Å². The number of aryl methyl sites for hydroxylation is 1. The molecule has 2 aromatic rings. The lowest BCUT2D eigenvalue weighted by molar-refractivity contribution is 0.199. The van der Waals surface area contributed by atoms with Gasteiger partial charge in [0.2, 0.25) is 5.43 Å². The minimum Gasteiger partial charge on any atom is -0.463 e. The smallest absolute Gasteiger partial charge is 0.206 e. The molecule has 0 unspecified atom stereocenters. The summed E-state index contributed by atoms with van der Waals surface area (Å²) in [5, 5.41) is 3.49. The number of methoxy groups -OCH3 is 1. The Morgan fingerprint density at radius 1 is 1.50 bits per heavy atom. The van der Waals surface area contributed by atoms with Crippen LogP contribution in [0.15, 0.2) is 21.5 Å². The Balaban J connectivity index is 2.43. The highest BCUT2D eigenvalue weighted by molar-refractivity contribution is 14.1. The first kappa shape index (κ1) is 15.4. The van der Waals surface area contributed by atoms with Crippen LogP contribution in [0.2, 0.25) is 0 Å². The van der Waals surface area contributed by atoms with Crippen LogP contribution in [-0.2, 0) is 11.3 Å². The van der Waals surface area contributed by atoms with E-state index in [2.05, 4.69) is 5.32 Å². The Morgan fingerprint density at radius 2 is 2.25 bits per heavy atom. The Bertz CT molecular complexity index is 684. The van der Waals surface area contributed by atoms with Crippen molar-refractivity contribution >= 4 is 33.6 Å². The molecule has 0 fully saturated rings. The zero-order valence-corrected chi connectivity index (χ0v) is 13.4. The molecule has 20 heavy (non-hydrogen) atoms. The predicted octanol–water partition coefficient (Wildman–Crippen LogP) is 2.58. The first-order valence-electron chi connectivity index (χ1n) is 6.15. The monoisotopic (exact) mass is 391 g/mol. The van der Waals surface area contributed by atoms with Gasteiger partial charge in [0.05, 0.1) is 15.6 Å². The highest BCUT2D eigenvalue weighted by atomic mass is 127. The fourth-order valence-electron chi connectivity index (χ4n) is 1.98. The molecule has 1 aromatic carbocycles. The summed E-state index contributed by atoms with van der Waals surface area (Å²) >= 11 is 1.91. The predicted molar refractivity (Wildman–Crippen MR) is 83.5 cm³/mol. The Morgan fingerprint density at radius 3 is 2.95 bits per heavy atom. The van der Waals surface area contributed by atoms with Crippen molar-refractivity contribution in [3.8, 4) is 0 Å². The summed E-state index contributed by atoms with van der Waals surface area (Å²) in [4.78, 5) is 12.1. The van der Waals surface area contributed by atoms with Crippen molar-refractivity contribution in [3.63, 3.8) is 0 Å². The fraction of sp³-hybridized carbons (Fsp3) is 0.357. The normalized spacial score (nSPS) is 11.2. The molecule has 0 saturated heterocycles. The van der Waals surface area contributed by atoms with E-state index in [9.17, 15) is 9.18 Å². The number of benzene rings is 1. The summed E-state index contributed by atoms with van der Waals surface area (Å²) < 4.78 is 25.0. The van der Waals surface area contributed by atoms with Gasteiger partial charge < -0.3 is 14.5 Å². The van der Waals surface area contributed by atoms with Gasteiger partial charge >= 0.3 is 0 Å². The molecule has 4 nitrogen and oxygen atoms in total. The number of hydrogen-bond acceptors (Lipinski definition) is 4. The van der Waals surface area contributed by atoms with Gasteiger partial charge in [0.1, 0.15) is 17.7 Å². The van der Waals surface area contributed by atoms with Crippen LogP contribution in [-0.4, -0.2) is 20.3 Å². The highest BCUT2D eigenvalue weighted by Crippen LogP contribution is 2.23. The van der Waals surface area contributed by atoms with Gasteiger partial charge in [-0.25, -0.2) is 4.39 Å². The molecule has 0 atom stereocenters. The molecule has 2 rings (SSSR count). The van der Waals surface area contributed by atoms with Crippen LogP contribution < -0.4 is 10.7 Å². The van der Waals surface area contributed by atoms with E-state index < -0.39 is 0 Å². The van der Waals surface area contributed by atoms with Crippen LogP contribution in [0.25, 0.3) is 11.0 Å². The average Bonchev–Trinajstić information content (AvgIpc) is 2.44. The largest absolute Gasteiger partial charge is 0.463 e. The van der Waals surface area contributed by atoms with Crippen molar-refractivity contribution in [1.82, 2.24) is 5.32 Å². The standard InChI is InChI=1S/C14H15FINO3/c1-8-12(15)9(6-17-3-4-19-2)5-10-13(18)11(16)7-20-14(8)10/h5,7,17H,3-4,6H2,1-2H3. The summed E-state index contributed by atoms with van der Waals surface area (Å²) in [5.41, 5.74) is 1.00. The SMILES string of the molecule is COCCNCc1cc2c(=O)c(I)coc2c(C)c1F.